The van der Waals surface area contributed by atoms with Crippen LogP contribution in [-0.2, 0) is 0 Å². The van der Waals surface area contributed by atoms with Gasteiger partial charge in [-0.05, 0) is 36.4 Å². The van der Waals surface area contributed by atoms with Crippen molar-refractivity contribution in [3.05, 3.63) is 65.5 Å². The lowest BCUT2D eigenvalue weighted by atomic mass is 10.1. The van der Waals surface area contributed by atoms with E-state index in [0.717, 1.165) is 0 Å². The zero-order chi connectivity index (χ0) is 13.7. The Kier molecular flexibility index (Phi) is 3.89. The van der Waals surface area contributed by atoms with Gasteiger partial charge < -0.3 is 5.32 Å². The minimum absolute atomic E-state index is 0.0891. The summed E-state index contributed by atoms with van der Waals surface area (Å²) in [6.45, 7) is 0.123. The molecule has 2 aromatic rings. The molecule has 0 aromatic heterocycles. The van der Waals surface area contributed by atoms with Crippen molar-refractivity contribution < 1.29 is 9.18 Å². The first-order valence-corrected chi connectivity index (χ1v) is 5.72. The second-order valence-electron chi connectivity index (χ2n) is 3.97. The number of carbonyl (C=O) groups excluding carboxylic acids is 1. The summed E-state index contributed by atoms with van der Waals surface area (Å²) in [6.07, 6.45) is 0. The van der Waals surface area contributed by atoms with Crippen LogP contribution in [0.1, 0.15) is 15.9 Å². The fourth-order valence-corrected chi connectivity index (χ4v) is 1.58. The quantitative estimate of drug-likeness (QED) is 0.853. The Bertz CT molecular complexity index is 612. The van der Waals surface area contributed by atoms with Gasteiger partial charge in [-0.15, -0.1) is 0 Å². The molecule has 0 aliphatic heterocycles. The van der Waals surface area contributed by atoms with E-state index in [-0.39, 0.29) is 18.1 Å². The fraction of sp³-hybridized carbons (Fsp3) is 0.0667. The fourth-order valence-electron chi connectivity index (χ4n) is 1.58. The van der Waals surface area contributed by atoms with Gasteiger partial charge in [-0.2, -0.15) is 5.26 Å². The predicted molar refractivity (Wildman–Crippen MR) is 70.4 cm³/mol. The van der Waals surface area contributed by atoms with Crippen molar-refractivity contribution >= 4 is 11.5 Å². The SMILES string of the molecule is N#Cc1ccc(C(=O)CNc2ccc(F)cc2)cc1. The molecule has 0 bridgehead atoms. The van der Waals surface area contributed by atoms with E-state index in [2.05, 4.69) is 5.32 Å². The van der Waals surface area contributed by atoms with E-state index >= 15 is 0 Å². The first-order chi connectivity index (χ1) is 9.19. The topological polar surface area (TPSA) is 52.9 Å². The van der Waals surface area contributed by atoms with Crippen LogP contribution in [0, 0.1) is 17.1 Å². The van der Waals surface area contributed by atoms with Gasteiger partial charge in [0.25, 0.3) is 0 Å². The van der Waals surface area contributed by atoms with E-state index in [0.29, 0.717) is 16.8 Å². The number of nitrogens with one attached hydrogen (secondary N) is 1. The van der Waals surface area contributed by atoms with Gasteiger partial charge in [-0.1, -0.05) is 12.1 Å². The minimum Gasteiger partial charge on any atom is -0.378 e. The monoisotopic (exact) mass is 254 g/mol. The number of carbonyl (C=O) groups is 1. The summed E-state index contributed by atoms with van der Waals surface area (Å²) < 4.78 is 12.7. The summed E-state index contributed by atoms with van der Waals surface area (Å²) >= 11 is 0. The van der Waals surface area contributed by atoms with E-state index < -0.39 is 0 Å². The van der Waals surface area contributed by atoms with E-state index in [9.17, 15) is 9.18 Å². The highest BCUT2D eigenvalue weighted by Gasteiger charge is 2.05. The standard InChI is InChI=1S/C15H11FN2O/c16-13-5-7-14(8-6-13)18-10-15(19)12-3-1-11(9-17)2-4-12/h1-8,18H,10H2. The van der Waals surface area contributed by atoms with Gasteiger partial charge in [0.2, 0.25) is 0 Å². The Balaban J connectivity index is 1.97. The van der Waals surface area contributed by atoms with Crippen LogP contribution in [0.4, 0.5) is 10.1 Å². The van der Waals surface area contributed by atoms with Crippen molar-refractivity contribution in [2.75, 3.05) is 11.9 Å². The third kappa shape index (κ3) is 3.39. The molecule has 2 rings (SSSR count). The Labute approximate surface area is 110 Å². The second-order valence-corrected chi connectivity index (χ2v) is 3.97. The summed E-state index contributed by atoms with van der Waals surface area (Å²) in [6, 6.07) is 14.2. The maximum atomic E-state index is 12.7. The Morgan fingerprint density at radius 3 is 2.32 bits per heavy atom. The molecule has 0 radical (unpaired) electrons. The number of anilines is 1. The molecule has 0 amide bonds. The van der Waals surface area contributed by atoms with E-state index in [1.54, 1.807) is 36.4 Å². The van der Waals surface area contributed by atoms with Gasteiger partial charge in [0.1, 0.15) is 5.82 Å². The van der Waals surface area contributed by atoms with Crippen molar-refractivity contribution in [2.45, 2.75) is 0 Å². The third-order valence-corrected chi connectivity index (χ3v) is 2.63. The first kappa shape index (κ1) is 12.8. The minimum atomic E-state index is -0.316. The van der Waals surface area contributed by atoms with Crippen LogP contribution < -0.4 is 5.32 Å². The number of ketones is 1. The number of nitrogens with zero attached hydrogens (tertiary/aromatic N) is 1. The summed E-state index contributed by atoms with van der Waals surface area (Å²) in [5.74, 6) is -0.405. The number of Topliss-reactive ketones (excluding diaryl/α,β-unsaturated/α-hetero) is 1. The molecule has 3 nitrogen and oxygen atoms in total. The average molecular weight is 254 g/mol. The van der Waals surface area contributed by atoms with Crippen LogP contribution in [0.3, 0.4) is 0 Å². The summed E-state index contributed by atoms with van der Waals surface area (Å²) in [4.78, 5) is 11.9. The third-order valence-electron chi connectivity index (χ3n) is 2.63. The van der Waals surface area contributed by atoms with E-state index in [1.807, 2.05) is 6.07 Å². The molecular weight excluding hydrogens is 243 g/mol. The second kappa shape index (κ2) is 5.78. The van der Waals surface area contributed by atoms with Gasteiger partial charge in [0.15, 0.2) is 5.78 Å². The van der Waals surface area contributed by atoms with Gasteiger partial charge in [0, 0.05) is 11.3 Å². The zero-order valence-corrected chi connectivity index (χ0v) is 10.1. The van der Waals surface area contributed by atoms with Gasteiger partial charge in [0.05, 0.1) is 18.2 Å². The molecule has 0 aliphatic carbocycles. The molecule has 4 heteroatoms. The highest BCUT2D eigenvalue weighted by molar-refractivity contribution is 5.99. The van der Waals surface area contributed by atoms with Crippen molar-refractivity contribution in [1.29, 1.82) is 5.26 Å². The molecule has 94 valence electrons. The zero-order valence-electron chi connectivity index (χ0n) is 10.1. The van der Waals surface area contributed by atoms with Gasteiger partial charge in [-0.25, -0.2) is 4.39 Å². The van der Waals surface area contributed by atoms with Gasteiger partial charge >= 0.3 is 0 Å². The molecule has 1 N–H and O–H groups in total. The van der Waals surface area contributed by atoms with Crippen LogP contribution in [0.5, 0.6) is 0 Å². The smallest absolute Gasteiger partial charge is 0.181 e. The maximum Gasteiger partial charge on any atom is 0.181 e. The number of benzene rings is 2. The van der Waals surface area contributed by atoms with Crippen LogP contribution in [0.2, 0.25) is 0 Å². The summed E-state index contributed by atoms with van der Waals surface area (Å²) in [5.41, 5.74) is 1.74. The molecule has 0 fully saturated rings. The molecule has 0 atom stereocenters. The molecule has 2 aromatic carbocycles. The lowest BCUT2D eigenvalue weighted by Crippen LogP contribution is -2.13. The van der Waals surface area contributed by atoms with Gasteiger partial charge in [-0.3, -0.25) is 4.79 Å². The number of nitriles is 1. The Morgan fingerprint density at radius 1 is 1.11 bits per heavy atom. The molecular formula is C15H11FN2O. The van der Waals surface area contributed by atoms with E-state index in [1.165, 1.54) is 12.1 Å². The Hall–Kier alpha value is -2.67. The van der Waals surface area contributed by atoms with Crippen LogP contribution >= 0.6 is 0 Å². The molecule has 0 spiro atoms. The molecule has 0 saturated heterocycles. The van der Waals surface area contributed by atoms with Crippen molar-refractivity contribution in [3.8, 4) is 6.07 Å². The van der Waals surface area contributed by atoms with Crippen LogP contribution in [0.15, 0.2) is 48.5 Å². The first-order valence-electron chi connectivity index (χ1n) is 5.72. The lowest BCUT2D eigenvalue weighted by molar-refractivity contribution is 0.101. The number of hydrogen-bond acceptors (Lipinski definition) is 3. The summed E-state index contributed by atoms with van der Waals surface area (Å²) in [7, 11) is 0. The number of hydrogen-bond donors (Lipinski definition) is 1. The van der Waals surface area contributed by atoms with Crippen molar-refractivity contribution in [3.63, 3.8) is 0 Å². The molecule has 0 aliphatic rings. The summed E-state index contributed by atoms with van der Waals surface area (Å²) in [5, 5.41) is 11.6. The average Bonchev–Trinajstić information content (AvgIpc) is 2.46. The molecule has 0 unspecified atom stereocenters. The lowest BCUT2D eigenvalue weighted by Gasteiger charge is -2.05. The predicted octanol–water partition coefficient (Wildman–Crippen LogP) is 2.99. The molecule has 0 heterocycles. The highest BCUT2D eigenvalue weighted by atomic mass is 19.1. The largest absolute Gasteiger partial charge is 0.378 e. The van der Waals surface area contributed by atoms with Crippen molar-refractivity contribution in [2.24, 2.45) is 0 Å². The molecule has 0 saturated carbocycles. The highest BCUT2D eigenvalue weighted by Crippen LogP contribution is 2.09. The number of rotatable bonds is 4. The van der Waals surface area contributed by atoms with Crippen LogP contribution in [0.25, 0.3) is 0 Å². The van der Waals surface area contributed by atoms with E-state index in [4.69, 9.17) is 5.26 Å². The molecule has 19 heavy (non-hydrogen) atoms. The Morgan fingerprint density at radius 2 is 1.74 bits per heavy atom. The van der Waals surface area contributed by atoms with Crippen molar-refractivity contribution in [1.82, 2.24) is 0 Å². The maximum absolute atomic E-state index is 12.7. The van der Waals surface area contributed by atoms with Crippen LogP contribution in [-0.4, -0.2) is 12.3 Å². The normalized spacial score (nSPS) is 9.68. The number of halogens is 1.